The predicted octanol–water partition coefficient (Wildman–Crippen LogP) is 2.70. The van der Waals surface area contributed by atoms with E-state index in [2.05, 4.69) is 18.0 Å². The lowest BCUT2D eigenvalue weighted by molar-refractivity contribution is 0.0365. The molecule has 106 valence electrons. The van der Waals surface area contributed by atoms with Gasteiger partial charge in [-0.1, -0.05) is 23.7 Å². The first-order valence-corrected chi connectivity index (χ1v) is 7.32. The molecule has 2 N–H and O–H groups in total. The minimum atomic E-state index is 0.223. The molecule has 0 spiro atoms. The number of hydrogen-bond donors (Lipinski definition) is 1. The molecule has 0 saturated carbocycles. The van der Waals surface area contributed by atoms with Crippen molar-refractivity contribution in [3.05, 3.63) is 34.9 Å². The van der Waals surface area contributed by atoms with Crippen molar-refractivity contribution in [2.45, 2.75) is 18.9 Å². The summed E-state index contributed by atoms with van der Waals surface area (Å²) in [6.45, 7) is 3.41. The van der Waals surface area contributed by atoms with E-state index in [-0.39, 0.29) is 6.04 Å². The molecule has 2 unspecified atom stereocenters. The van der Waals surface area contributed by atoms with Gasteiger partial charge in [-0.25, -0.2) is 0 Å². The second-order valence-corrected chi connectivity index (χ2v) is 5.77. The largest absolute Gasteiger partial charge is 0.381 e. The van der Waals surface area contributed by atoms with E-state index in [1.165, 1.54) is 18.4 Å². The summed E-state index contributed by atoms with van der Waals surface area (Å²) < 4.78 is 5.54. The third-order valence-electron chi connectivity index (χ3n) is 3.79. The quantitative estimate of drug-likeness (QED) is 0.902. The molecule has 4 heteroatoms. The Hall–Kier alpha value is -0.610. The van der Waals surface area contributed by atoms with Crippen LogP contribution in [0.5, 0.6) is 0 Å². The van der Waals surface area contributed by atoms with Gasteiger partial charge in [0, 0.05) is 30.8 Å². The Morgan fingerprint density at radius 1 is 1.53 bits per heavy atom. The molecule has 3 nitrogen and oxygen atoms in total. The van der Waals surface area contributed by atoms with Crippen molar-refractivity contribution < 1.29 is 4.74 Å². The van der Waals surface area contributed by atoms with E-state index in [1.807, 2.05) is 18.2 Å². The lowest BCUT2D eigenvalue weighted by Gasteiger charge is -2.32. The van der Waals surface area contributed by atoms with Crippen LogP contribution in [0.15, 0.2) is 24.3 Å². The van der Waals surface area contributed by atoms with Crippen LogP contribution >= 0.6 is 11.6 Å². The molecule has 0 aromatic heterocycles. The van der Waals surface area contributed by atoms with Gasteiger partial charge in [0.2, 0.25) is 0 Å². The van der Waals surface area contributed by atoms with E-state index >= 15 is 0 Å². The zero-order valence-corrected chi connectivity index (χ0v) is 12.3. The summed E-state index contributed by atoms with van der Waals surface area (Å²) in [6, 6.07) is 8.20. The zero-order chi connectivity index (χ0) is 13.7. The minimum absolute atomic E-state index is 0.223. The van der Waals surface area contributed by atoms with Crippen LogP contribution in [-0.4, -0.2) is 38.3 Å². The lowest BCUT2D eigenvalue weighted by Crippen LogP contribution is -2.36. The number of rotatable bonds is 5. The monoisotopic (exact) mass is 282 g/mol. The Morgan fingerprint density at radius 2 is 2.37 bits per heavy atom. The number of benzene rings is 1. The van der Waals surface area contributed by atoms with Gasteiger partial charge in [-0.05, 0) is 43.5 Å². The molecule has 0 aliphatic carbocycles. The van der Waals surface area contributed by atoms with Crippen LogP contribution in [0.2, 0.25) is 5.02 Å². The maximum absolute atomic E-state index is 6.06. The van der Waals surface area contributed by atoms with Crippen LogP contribution in [0.3, 0.4) is 0 Å². The fraction of sp³-hybridized carbons (Fsp3) is 0.600. The summed E-state index contributed by atoms with van der Waals surface area (Å²) in [5.41, 5.74) is 7.13. The molecule has 1 aliphatic rings. The zero-order valence-electron chi connectivity index (χ0n) is 11.5. The molecule has 1 heterocycles. The van der Waals surface area contributed by atoms with Gasteiger partial charge >= 0.3 is 0 Å². The van der Waals surface area contributed by atoms with Crippen LogP contribution in [0.4, 0.5) is 0 Å². The highest BCUT2D eigenvalue weighted by Gasteiger charge is 2.21. The molecule has 0 bridgehead atoms. The van der Waals surface area contributed by atoms with E-state index in [0.29, 0.717) is 12.5 Å². The fourth-order valence-electron chi connectivity index (χ4n) is 2.77. The van der Waals surface area contributed by atoms with Crippen molar-refractivity contribution in [2.24, 2.45) is 11.7 Å². The van der Waals surface area contributed by atoms with Crippen LogP contribution in [0.1, 0.15) is 24.4 Å². The number of ether oxygens (including phenoxy) is 1. The maximum Gasteiger partial charge on any atom is 0.0506 e. The van der Waals surface area contributed by atoms with Crippen LogP contribution in [-0.2, 0) is 4.74 Å². The van der Waals surface area contributed by atoms with Gasteiger partial charge < -0.3 is 10.5 Å². The van der Waals surface area contributed by atoms with Gasteiger partial charge in [0.25, 0.3) is 0 Å². The van der Waals surface area contributed by atoms with E-state index in [4.69, 9.17) is 22.1 Å². The Labute approximate surface area is 120 Å². The van der Waals surface area contributed by atoms with E-state index < -0.39 is 0 Å². The molecule has 1 aromatic rings. The van der Waals surface area contributed by atoms with Gasteiger partial charge in [0.05, 0.1) is 6.61 Å². The summed E-state index contributed by atoms with van der Waals surface area (Å²) in [4.78, 5) is 2.32. The van der Waals surface area contributed by atoms with E-state index in [9.17, 15) is 0 Å². The average Bonchev–Trinajstić information content (AvgIpc) is 2.41. The van der Waals surface area contributed by atoms with Gasteiger partial charge in [-0.15, -0.1) is 0 Å². The Bertz CT molecular complexity index is 393. The molecular weight excluding hydrogens is 260 g/mol. The number of nitrogens with two attached hydrogens (primary N) is 1. The first kappa shape index (κ1) is 14.8. The van der Waals surface area contributed by atoms with Gasteiger partial charge in [-0.2, -0.15) is 0 Å². The molecule has 1 fully saturated rings. The molecule has 1 saturated heterocycles. The number of halogens is 1. The first-order chi connectivity index (χ1) is 9.20. The molecule has 19 heavy (non-hydrogen) atoms. The van der Waals surface area contributed by atoms with Gasteiger partial charge in [0.1, 0.15) is 0 Å². The molecule has 2 atom stereocenters. The van der Waals surface area contributed by atoms with Crippen molar-refractivity contribution in [1.82, 2.24) is 4.90 Å². The SMILES string of the molecule is CN(CC1CCCOC1)C(CN)c1cccc(Cl)c1. The van der Waals surface area contributed by atoms with Crippen molar-refractivity contribution in [1.29, 1.82) is 0 Å². The minimum Gasteiger partial charge on any atom is -0.381 e. The maximum atomic E-state index is 6.06. The van der Waals surface area contributed by atoms with E-state index in [0.717, 1.165) is 24.8 Å². The second-order valence-electron chi connectivity index (χ2n) is 5.33. The number of likely N-dealkylation sites (N-methyl/N-ethyl adjacent to an activating group) is 1. The topological polar surface area (TPSA) is 38.5 Å². The molecule has 1 aromatic carbocycles. The van der Waals surface area contributed by atoms with Crippen molar-refractivity contribution in [3.8, 4) is 0 Å². The molecular formula is C15H23ClN2O. The summed E-state index contributed by atoms with van der Waals surface area (Å²) >= 11 is 6.06. The Kier molecular flexibility index (Phi) is 5.64. The highest BCUT2D eigenvalue weighted by Crippen LogP contribution is 2.24. The summed E-state index contributed by atoms with van der Waals surface area (Å²) in [5, 5.41) is 0.769. The van der Waals surface area contributed by atoms with Crippen LogP contribution < -0.4 is 5.73 Å². The molecule has 0 radical (unpaired) electrons. The van der Waals surface area contributed by atoms with Crippen LogP contribution in [0, 0.1) is 5.92 Å². The highest BCUT2D eigenvalue weighted by atomic mass is 35.5. The smallest absolute Gasteiger partial charge is 0.0506 e. The van der Waals surface area contributed by atoms with Crippen LogP contribution in [0.25, 0.3) is 0 Å². The molecule has 1 aliphatic heterocycles. The van der Waals surface area contributed by atoms with E-state index in [1.54, 1.807) is 0 Å². The van der Waals surface area contributed by atoms with Crippen molar-refractivity contribution in [2.75, 3.05) is 33.4 Å². The average molecular weight is 283 g/mol. The Morgan fingerprint density at radius 3 is 3.00 bits per heavy atom. The highest BCUT2D eigenvalue weighted by molar-refractivity contribution is 6.30. The fourth-order valence-corrected chi connectivity index (χ4v) is 2.97. The van der Waals surface area contributed by atoms with Crippen molar-refractivity contribution >= 4 is 11.6 Å². The summed E-state index contributed by atoms with van der Waals surface area (Å²) in [7, 11) is 2.13. The summed E-state index contributed by atoms with van der Waals surface area (Å²) in [5.74, 6) is 0.618. The lowest BCUT2D eigenvalue weighted by atomic mass is 9.99. The summed E-state index contributed by atoms with van der Waals surface area (Å²) in [6.07, 6.45) is 2.42. The standard InChI is InChI=1S/C15H23ClN2O/c1-18(10-12-4-3-7-19-11-12)15(9-17)13-5-2-6-14(16)8-13/h2,5-6,8,12,15H,3-4,7,9-11,17H2,1H3. The van der Waals surface area contributed by atoms with Crippen molar-refractivity contribution in [3.63, 3.8) is 0 Å². The predicted molar refractivity (Wildman–Crippen MR) is 79.4 cm³/mol. The van der Waals surface area contributed by atoms with Gasteiger partial charge in [-0.3, -0.25) is 4.90 Å². The first-order valence-electron chi connectivity index (χ1n) is 6.94. The number of nitrogens with zero attached hydrogens (tertiary/aromatic N) is 1. The normalized spacial score (nSPS) is 21.6. The number of hydrogen-bond acceptors (Lipinski definition) is 3. The third kappa shape index (κ3) is 4.18. The Balaban J connectivity index is 1.99. The molecule has 0 amide bonds. The van der Waals surface area contributed by atoms with Gasteiger partial charge in [0.15, 0.2) is 0 Å². The second kappa shape index (κ2) is 7.25. The molecule has 2 rings (SSSR count). The third-order valence-corrected chi connectivity index (χ3v) is 4.02.